The van der Waals surface area contributed by atoms with Crippen molar-refractivity contribution in [2.75, 3.05) is 5.73 Å². The van der Waals surface area contributed by atoms with Gasteiger partial charge in [0.25, 0.3) is 0 Å². The zero-order valence-corrected chi connectivity index (χ0v) is 7.97. The molecule has 1 aromatic carbocycles. The molecule has 5 N–H and O–H groups in total. The summed E-state index contributed by atoms with van der Waals surface area (Å²) in [6.07, 6.45) is -1.40. The van der Waals surface area contributed by atoms with Crippen molar-refractivity contribution in [1.82, 2.24) is 5.32 Å². The predicted molar refractivity (Wildman–Crippen MR) is 54.5 cm³/mol. The summed E-state index contributed by atoms with van der Waals surface area (Å²) in [5.41, 5.74) is 7.89. The highest BCUT2D eigenvalue weighted by atomic mass is 16.4. The number of benzene rings is 1. The predicted octanol–water partition coefficient (Wildman–Crippen LogP) is 0.494. The molecule has 15 heavy (non-hydrogen) atoms. The first-order valence-corrected chi connectivity index (χ1v) is 4.64. The molecule has 2 unspecified atom stereocenters. The minimum atomic E-state index is -1.14. The van der Waals surface area contributed by atoms with Crippen LogP contribution in [-0.2, 0) is 6.42 Å². The zero-order valence-electron chi connectivity index (χ0n) is 7.97. The van der Waals surface area contributed by atoms with Gasteiger partial charge in [-0.05, 0) is 23.3 Å². The van der Waals surface area contributed by atoms with Crippen molar-refractivity contribution in [2.24, 2.45) is 0 Å². The van der Waals surface area contributed by atoms with Gasteiger partial charge in [0.2, 0.25) is 0 Å². The molecular weight excluding hydrogens is 196 g/mol. The van der Waals surface area contributed by atoms with E-state index in [0.29, 0.717) is 12.1 Å². The molecule has 0 saturated carbocycles. The lowest BCUT2D eigenvalue weighted by molar-refractivity contribution is 0.131. The second-order valence-corrected chi connectivity index (χ2v) is 3.66. The van der Waals surface area contributed by atoms with Gasteiger partial charge in [0.05, 0.1) is 12.1 Å². The number of amides is 1. The van der Waals surface area contributed by atoms with Gasteiger partial charge >= 0.3 is 6.09 Å². The van der Waals surface area contributed by atoms with Crippen molar-refractivity contribution in [3.8, 4) is 0 Å². The first kappa shape index (κ1) is 9.79. The molecular formula is C10H12N2O3. The van der Waals surface area contributed by atoms with Crippen molar-refractivity contribution in [3.05, 3.63) is 29.3 Å². The van der Waals surface area contributed by atoms with Crippen molar-refractivity contribution in [1.29, 1.82) is 0 Å². The van der Waals surface area contributed by atoms with E-state index in [1.54, 1.807) is 12.1 Å². The number of nitrogen functional groups attached to an aromatic ring is 1. The fraction of sp³-hybridized carbons (Fsp3) is 0.300. The molecule has 0 heterocycles. The van der Waals surface area contributed by atoms with Crippen molar-refractivity contribution < 1.29 is 15.0 Å². The summed E-state index contributed by atoms with van der Waals surface area (Å²) in [7, 11) is 0. The van der Waals surface area contributed by atoms with E-state index < -0.39 is 18.2 Å². The Labute approximate surface area is 86.5 Å². The highest BCUT2D eigenvalue weighted by molar-refractivity contribution is 5.66. The van der Waals surface area contributed by atoms with Crippen LogP contribution in [0.15, 0.2) is 18.2 Å². The molecule has 1 aliphatic carbocycles. The Morgan fingerprint density at radius 2 is 2.27 bits per heavy atom. The van der Waals surface area contributed by atoms with E-state index >= 15 is 0 Å². The molecule has 5 nitrogen and oxygen atoms in total. The van der Waals surface area contributed by atoms with Crippen LogP contribution in [0.3, 0.4) is 0 Å². The van der Waals surface area contributed by atoms with Gasteiger partial charge in [-0.1, -0.05) is 6.07 Å². The quantitative estimate of drug-likeness (QED) is 0.505. The molecule has 2 rings (SSSR count). The van der Waals surface area contributed by atoms with Crippen LogP contribution in [0.25, 0.3) is 0 Å². The standard InChI is InChI=1S/C10H12N2O3/c11-6-2-1-5-3-8(13)9(7(5)4-6)12-10(14)15/h1-2,4,8-9,12-13H,3,11H2,(H,14,15). The summed E-state index contributed by atoms with van der Waals surface area (Å²) < 4.78 is 0. The molecule has 1 aromatic rings. The SMILES string of the molecule is Nc1ccc2c(c1)C(NC(=O)O)C(O)C2. The summed E-state index contributed by atoms with van der Waals surface area (Å²) in [4.78, 5) is 10.5. The van der Waals surface area contributed by atoms with Crippen LogP contribution in [0.1, 0.15) is 17.2 Å². The fourth-order valence-corrected chi connectivity index (χ4v) is 1.95. The van der Waals surface area contributed by atoms with E-state index in [1.807, 2.05) is 6.07 Å². The summed E-state index contributed by atoms with van der Waals surface area (Å²) >= 11 is 0. The Morgan fingerprint density at radius 3 is 2.93 bits per heavy atom. The zero-order chi connectivity index (χ0) is 11.0. The van der Waals surface area contributed by atoms with E-state index in [-0.39, 0.29) is 0 Å². The largest absolute Gasteiger partial charge is 0.465 e. The molecule has 2 atom stereocenters. The first-order chi connectivity index (χ1) is 7.08. The van der Waals surface area contributed by atoms with Crippen LogP contribution in [0, 0.1) is 0 Å². The number of nitrogens with two attached hydrogens (primary N) is 1. The number of hydrogen-bond acceptors (Lipinski definition) is 3. The van der Waals surface area contributed by atoms with Gasteiger partial charge in [-0.15, -0.1) is 0 Å². The van der Waals surface area contributed by atoms with E-state index in [4.69, 9.17) is 10.8 Å². The lowest BCUT2D eigenvalue weighted by Gasteiger charge is -2.15. The number of hydrogen-bond donors (Lipinski definition) is 4. The van der Waals surface area contributed by atoms with Crippen molar-refractivity contribution in [3.63, 3.8) is 0 Å². The molecule has 0 aliphatic heterocycles. The van der Waals surface area contributed by atoms with Gasteiger partial charge in [-0.2, -0.15) is 0 Å². The first-order valence-electron chi connectivity index (χ1n) is 4.64. The summed E-state index contributed by atoms with van der Waals surface area (Å²) in [6.45, 7) is 0. The number of carbonyl (C=O) groups is 1. The Hall–Kier alpha value is -1.75. The van der Waals surface area contributed by atoms with E-state index in [2.05, 4.69) is 5.32 Å². The maximum atomic E-state index is 10.5. The number of aliphatic hydroxyl groups excluding tert-OH is 1. The van der Waals surface area contributed by atoms with Gasteiger partial charge in [0, 0.05) is 12.1 Å². The third-order valence-corrected chi connectivity index (χ3v) is 2.60. The van der Waals surface area contributed by atoms with Crippen molar-refractivity contribution in [2.45, 2.75) is 18.6 Å². The number of nitrogens with one attached hydrogen (secondary N) is 1. The number of fused-ring (bicyclic) bond motifs is 1. The van der Waals surface area contributed by atoms with Gasteiger partial charge in [0.15, 0.2) is 0 Å². The molecule has 1 amide bonds. The average Bonchev–Trinajstić information content (AvgIpc) is 2.43. The topological polar surface area (TPSA) is 95.6 Å². The van der Waals surface area contributed by atoms with Crippen LogP contribution >= 0.6 is 0 Å². The van der Waals surface area contributed by atoms with Crippen LogP contribution in [-0.4, -0.2) is 22.4 Å². The van der Waals surface area contributed by atoms with Crippen LogP contribution < -0.4 is 11.1 Å². The summed E-state index contributed by atoms with van der Waals surface area (Å²) in [6, 6.07) is 4.69. The minimum Gasteiger partial charge on any atom is -0.465 e. The molecule has 1 aliphatic rings. The lowest BCUT2D eigenvalue weighted by atomic mass is 10.1. The molecule has 0 fully saturated rings. The molecule has 0 bridgehead atoms. The number of carboxylic acid groups (broad SMARTS) is 1. The molecule has 80 valence electrons. The second-order valence-electron chi connectivity index (χ2n) is 3.66. The Kier molecular flexibility index (Phi) is 2.24. The third kappa shape index (κ3) is 1.73. The Bertz CT molecular complexity index is 406. The third-order valence-electron chi connectivity index (χ3n) is 2.60. The fourth-order valence-electron chi connectivity index (χ4n) is 1.95. The molecule has 0 spiro atoms. The second kappa shape index (κ2) is 3.43. The maximum Gasteiger partial charge on any atom is 0.405 e. The monoisotopic (exact) mass is 208 g/mol. The number of aliphatic hydroxyl groups is 1. The smallest absolute Gasteiger partial charge is 0.405 e. The molecule has 0 aromatic heterocycles. The van der Waals surface area contributed by atoms with E-state index in [1.165, 1.54) is 0 Å². The van der Waals surface area contributed by atoms with Crippen LogP contribution in [0.2, 0.25) is 0 Å². The number of rotatable bonds is 1. The van der Waals surface area contributed by atoms with Crippen LogP contribution in [0.4, 0.5) is 10.5 Å². The highest BCUT2D eigenvalue weighted by Gasteiger charge is 2.32. The van der Waals surface area contributed by atoms with E-state index in [0.717, 1.165) is 11.1 Å². The summed E-state index contributed by atoms with van der Waals surface area (Å²) in [5, 5.41) is 20.6. The normalized spacial score (nSPS) is 23.5. The highest BCUT2D eigenvalue weighted by Crippen LogP contribution is 2.32. The lowest BCUT2D eigenvalue weighted by Crippen LogP contribution is -2.32. The maximum absolute atomic E-state index is 10.5. The summed E-state index contributed by atoms with van der Waals surface area (Å²) in [5.74, 6) is 0. The minimum absolute atomic E-state index is 0.459. The van der Waals surface area contributed by atoms with Crippen LogP contribution in [0.5, 0.6) is 0 Å². The number of anilines is 1. The Morgan fingerprint density at radius 1 is 1.53 bits per heavy atom. The van der Waals surface area contributed by atoms with Gasteiger partial charge in [-0.3, -0.25) is 0 Å². The molecule has 5 heteroatoms. The van der Waals surface area contributed by atoms with Gasteiger partial charge in [-0.25, -0.2) is 4.79 Å². The molecule has 0 radical (unpaired) electrons. The Balaban J connectivity index is 2.35. The molecule has 0 saturated heterocycles. The van der Waals surface area contributed by atoms with Gasteiger partial charge < -0.3 is 21.3 Å². The average molecular weight is 208 g/mol. The van der Waals surface area contributed by atoms with Gasteiger partial charge in [0.1, 0.15) is 0 Å². The van der Waals surface area contributed by atoms with Crippen molar-refractivity contribution >= 4 is 11.8 Å². The van der Waals surface area contributed by atoms with E-state index in [9.17, 15) is 9.90 Å².